The average Bonchev–Trinajstić information content (AvgIpc) is 2.89. The van der Waals surface area contributed by atoms with E-state index < -0.39 is 0 Å². The third-order valence-corrected chi connectivity index (χ3v) is 8.48. The number of nitrogen functional groups attached to an aromatic ring is 5. The highest BCUT2D eigenvalue weighted by Gasteiger charge is 2.30. The zero-order chi connectivity index (χ0) is 30.3. The van der Waals surface area contributed by atoms with E-state index in [1.54, 1.807) is 6.92 Å². The van der Waals surface area contributed by atoms with Gasteiger partial charge in [-0.25, -0.2) is 0 Å². The molecule has 198 valence electrons. The number of anilines is 5. The van der Waals surface area contributed by atoms with Gasteiger partial charge in [0.1, 0.15) is 29.3 Å². The van der Waals surface area contributed by atoms with E-state index in [2.05, 4.69) is 6.58 Å². The van der Waals surface area contributed by atoms with Gasteiger partial charge in [-0.05, 0) is 70.7 Å². The van der Waals surface area contributed by atoms with E-state index in [-0.39, 0.29) is 34.0 Å². The Morgan fingerprint density at radius 2 is 1.07 bits per heavy atom. The van der Waals surface area contributed by atoms with Gasteiger partial charge in [-0.3, -0.25) is 0 Å². The maximum Gasteiger partial charge on any atom is 0.127 e. The fourth-order valence-electron chi connectivity index (χ4n) is 5.87. The van der Waals surface area contributed by atoms with Crippen molar-refractivity contribution >= 4 is 90.0 Å². The molecule has 4 aromatic carbocycles. The van der Waals surface area contributed by atoms with E-state index in [4.69, 9.17) is 52.2 Å². The normalized spacial score (nSPS) is 11.4. The van der Waals surface area contributed by atoms with Crippen molar-refractivity contribution in [3.63, 3.8) is 0 Å². The lowest BCUT2D eigenvalue weighted by molar-refractivity contribution is 0.477. The minimum Gasteiger partial charge on any atom is -0.507 e. The maximum absolute atomic E-state index is 11.9. The van der Waals surface area contributed by atoms with E-state index in [1.165, 1.54) is 0 Å². The minimum absolute atomic E-state index is 0.0135. The van der Waals surface area contributed by atoms with Crippen LogP contribution in [0, 0.1) is 34.6 Å². The van der Waals surface area contributed by atoms with Gasteiger partial charge in [0.25, 0.3) is 0 Å². The summed E-state index contributed by atoms with van der Waals surface area (Å²) in [5, 5.41) is 13.8. The predicted octanol–water partition coefficient (Wildman–Crippen LogP) is 3.88. The Labute approximate surface area is 239 Å². The van der Waals surface area contributed by atoms with E-state index in [1.807, 2.05) is 41.5 Å². The van der Waals surface area contributed by atoms with Crippen molar-refractivity contribution < 1.29 is 5.11 Å². The lowest BCUT2D eigenvalue weighted by Gasteiger charge is -2.29. The summed E-state index contributed by atoms with van der Waals surface area (Å²) in [5.41, 5.74) is 42.5. The smallest absolute Gasteiger partial charge is 0.127 e. The molecule has 40 heavy (non-hydrogen) atoms. The van der Waals surface area contributed by atoms with E-state index in [9.17, 15) is 5.11 Å². The zero-order valence-corrected chi connectivity index (χ0v) is 24.3. The number of phenols is 1. The van der Waals surface area contributed by atoms with Crippen LogP contribution in [0.4, 0.5) is 28.4 Å². The zero-order valence-electron chi connectivity index (χ0n) is 24.3. The van der Waals surface area contributed by atoms with Gasteiger partial charge in [0, 0.05) is 38.4 Å². The molecule has 4 aromatic rings. The van der Waals surface area contributed by atoms with Crippen LogP contribution < -0.4 is 39.6 Å². The average molecular weight is 525 g/mol. The van der Waals surface area contributed by atoms with Crippen molar-refractivity contribution in [3.8, 4) is 16.9 Å². The summed E-state index contributed by atoms with van der Waals surface area (Å²) in [5.74, 6) is 0.0135. The molecule has 6 nitrogen and oxygen atoms in total. The second kappa shape index (κ2) is 9.51. The van der Waals surface area contributed by atoms with Crippen LogP contribution in [0.3, 0.4) is 0 Å². The number of nitrogens with two attached hydrogens (primary N) is 5. The molecule has 6 radical (unpaired) electrons. The Morgan fingerprint density at radius 1 is 0.600 bits per heavy atom. The van der Waals surface area contributed by atoms with Crippen molar-refractivity contribution in [2.45, 2.75) is 48.5 Å². The van der Waals surface area contributed by atoms with Crippen LogP contribution in [0.2, 0.25) is 0 Å². The van der Waals surface area contributed by atoms with Crippen molar-refractivity contribution in [2.24, 2.45) is 0 Å². The van der Waals surface area contributed by atoms with Crippen LogP contribution in [0.15, 0.2) is 17.6 Å². The molecule has 0 aromatic heterocycles. The Morgan fingerprint density at radius 3 is 1.57 bits per heavy atom. The molecule has 0 spiro atoms. The summed E-state index contributed by atoms with van der Waals surface area (Å²) in [6.45, 7) is 17.2. The predicted molar refractivity (Wildman–Crippen MR) is 178 cm³/mol. The van der Waals surface area contributed by atoms with Gasteiger partial charge >= 0.3 is 0 Å². The summed E-state index contributed by atoms with van der Waals surface area (Å²) in [4.78, 5) is 0. The van der Waals surface area contributed by atoms with Gasteiger partial charge < -0.3 is 33.8 Å². The summed E-state index contributed by atoms with van der Waals surface area (Å²) < 4.78 is 0. The Bertz CT molecular complexity index is 1760. The monoisotopic (exact) mass is 525 g/mol. The molecule has 0 atom stereocenters. The van der Waals surface area contributed by atoms with Gasteiger partial charge in [0.05, 0.1) is 22.7 Å². The highest BCUT2D eigenvalue weighted by Crippen LogP contribution is 2.55. The molecule has 9 heteroatoms. The van der Waals surface area contributed by atoms with Gasteiger partial charge in [-0.2, -0.15) is 0 Å². The molecule has 0 saturated heterocycles. The van der Waals surface area contributed by atoms with Crippen LogP contribution in [-0.4, -0.2) is 28.6 Å². The first-order valence-electron chi connectivity index (χ1n) is 12.9. The molecule has 0 amide bonds. The largest absolute Gasteiger partial charge is 0.507 e. The molecule has 0 aliphatic carbocycles. The molecule has 0 saturated carbocycles. The molecule has 0 heterocycles. The lowest BCUT2D eigenvalue weighted by Crippen LogP contribution is -2.25. The number of allylic oxidation sites excluding steroid dienone is 3. The number of fused-ring (bicyclic) bond motifs is 2. The van der Waals surface area contributed by atoms with Crippen LogP contribution >= 0.6 is 0 Å². The molecule has 11 N–H and O–H groups in total. The van der Waals surface area contributed by atoms with Gasteiger partial charge in [-0.15, -0.1) is 6.58 Å². The molecule has 0 aliphatic heterocycles. The third kappa shape index (κ3) is 3.67. The second-order valence-electron chi connectivity index (χ2n) is 10.9. The minimum atomic E-state index is 0.0135. The number of aromatic hydroxyl groups is 1. The molecule has 4 rings (SSSR count). The topological polar surface area (TPSA) is 150 Å². The highest BCUT2D eigenvalue weighted by molar-refractivity contribution is 6.44. The summed E-state index contributed by atoms with van der Waals surface area (Å²) >= 11 is 0. The van der Waals surface area contributed by atoms with Crippen molar-refractivity contribution in [2.75, 3.05) is 28.7 Å². The van der Waals surface area contributed by atoms with Crippen molar-refractivity contribution in [1.29, 1.82) is 0 Å². The van der Waals surface area contributed by atoms with Gasteiger partial charge in [0.15, 0.2) is 0 Å². The van der Waals surface area contributed by atoms with Crippen molar-refractivity contribution in [1.82, 2.24) is 0 Å². The molecular weight excluding hydrogens is 491 g/mol. The standard InChI is InChI=1S/C31H34B3N5O/c1-9(2)16(15(8)32)18-20-21(28(37)30(39)29(38)27(20)36)19(17-14(7)24(33)10(3)11(4)25(17)34)23-22(18)26(35)12(5)13(6)31(23)40/h40H,8,35-39H2,1-7H3. The lowest BCUT2D eigenvalue weighted by atomic mass is 9.70. The number of phenolic OH excluding ortho intramolecular Hbond substituents is 1. The maximum atomic E-state index is 11.9. The summed E-state index contributed by atoms with van der Waals surface area (Å²) in [6.07, 6.45) is 0. The number of benzene rings is 4. The van der Waals surface area contributed by atoms with E-state index >= 15 is 0 Å². The van der Waals surface area contributed by atoms with Gasteiger partial charge in [0.2, 0.25) is 0 Å². The number of hydrogen-bond donors (Lipinski definition) is 6. The first-order valence-corrected chi connectivity index (χ1v) is 12.9. The Kier molecular flexibility index (Phi) is 6.86. The molecule has 0 bridgehead atoms. The first kappa shape index (κ1) is 28.9. The SMILES string of the molecule is [B]C(=C)C(=C(C)C)c1c2c(N)c(N)c(N)c(N)c2c(-c2c([B])c(C)c(C)c([B])c2C)c2c(O)c(C)c(C)c(N)c12. The number of hydrogen-bond acceptors (Lipinski definition) is 6. The molecule has 0 aliphatic rings. The second-order valence-corrected chi connectivity index (χ2v) is 10.9. The molecule has 0 fully saturated rings. The molecule has 0 unspecified atom stereocenters. The van der Waals surface area contributed by atoms with Crippen LogP contribution in [0.5, 0.6) is 5.75 Å². The number of rotatable bonds is 3. The molecular formula is C31H34B3N5O. The third-order valence-electron chi connectivity index (χ3n) is 8.48. The van der Waals surface area contributed by atoms with E-state index in [0.717, 1.165) is 16.7 Å². The van der Waals surface area contributed by atoms with Crippen LogP contribution in [0.25, 0.3) is 38.2 Å². The summed E-state index contributed by atoms with van der Waals surface area (Å²) in [6, 6.07) is 0. The summed E-state index contributed by atoms with van der Waals surface area (Å²) in [7, 11) is 19.8. The van der Waals surface area contributed by atoms with Crippen molar-refractivity contribution in [3.05, 3.63) is 51.0 Å². The van der Waals surface area contributed by atoms with E-state index in [0.29, 0.717) is 77.1 Å². The fourth-order valence-corrected chi connectivity index (χ4v) is 5.87. The highest BCUT2D eigenvalue weighted by atomic mass is 16.3. The quantitative estimate of drug-likeness (QED) is 0.0786. The van der Waals surface area contributed by atoms with Crippen LogP contribution in [0.1, 0.15) is 47.2 Å². The van der Waals surface area contributed by atoms with Crippen LogP contribution in [-0.2, 0) is 0 Å². The van der Waals surface area contributed by atoms with Gasteiger partial charge in [-0.1, -0.05) is 38.7 Å². The first-order chi connectivity index (χ1) is 18.5. The Hall–Kier alpha value is -4.13. The fraction of sp³-hybridized carbons (Fsp3) is 0.226. The Balaban J connectivity index is 2.66.